The molecule has 0 aromatic carbocycles. The molecule has 5 nitrogen and oxygen atoms in total. The number of carbonyl (C=O) groups is 1. The molecule has 1 unspecified atom stereocenters. The molecule has 1 N–H and O–H groups in total. The highest BCUT2D eigenvalue weighted by Crippen LogP contribution is 2.28. The molecule has 5 heteroatoms. The monoisotopic (exact) mass is 208 g/mol. The first-order valence-corrected chi connectivity index (χ1v) is 5.14. The molecule has 0 spiro atoms. The van der Waals surface area contributed by atoms with Crippen molar-refractivity contribution in [2.24, 2.45) is 11.3 Å². The fourth-order valence-corrected chi connectivity index (χ4v) is 1.89. The van der Waals surface area contributed by atoms with Crippen molar-refractivity contribution >= 4 is 11.9 Å². The van der Waals surface area contributed by atoms with Gasteiger partial charge in [-0.1, -0.05) is 20.8 Å². The van der Waals surface area contributed by atoms with Crippen molar-refractivity contribution < 1.29 is 4.79 Å². The van der Waals surface area contributed by atoms with Gasteiger partial charge in [0.2, 0.25) is 11.9 Å². The minimum atomic E-state index is -0.000741. The van der Waals surface area contributed by atoms with Crippen LogP contribution >= 0.6 is 0 Å². The molecule has 1 aliphatic rings. The molecule has 0 radical (unpaired) electrons. The lowest BCUT2D eigenvalue weighted by Gasteiger charge is -2.28. The van der Waals surface area contributed by atoms with E-state index in [1.807, 2.05) is 0 Å². The largest absolute Gasteiger partial charge is 0.294 e. The summed E-state index contributed by atoms with van der Waals surface area (Å²) >= 11 is 0. The molecule has 1 amide bonds. The average Bonchev–Trinajstić information content (AvgIpc) is 2.49. The van der Waals surface area contributed by atoms with Crippen molar-refractivity contribution in [1.29, 1.82) is 0 Å². The first-order valence-electron chi connectivity index (χ1n) is 5.14. The van der Waals surface area contributed by atoms with Crippen LogP contribution in [0.25, 0.3) is 0 Å². The molecular weight excluding hydrogens is 192 g/mol. The van der Waals surface area contributed by atoms with Gasteiger partial charge in [-0.2, -0.15) is 10.1 Å². The van der Waals surface area contributed by atoms with Crippen molar-refractivity contribution in [3.63, 3.8) is 0 Å². The normalized spacial score (nSPS) is 21.0. The predicted molar refractivity (Wildman–Crippen MR) is 56.2 cm³/mol. The predicted octanol–water partition coefficient (Wildman–Crippen LogP) is 1.28. The zero-order chi connectivity index (χ0) is 11.1. The third-order valence-corrected chi connectivity index (χ3v) is 2.47. The minimum Gasteiger partial charge on any atom is -0.294 e. The van der Waals surface area contributed by atoms with Gasteiger partial charge in [-0.3, -0.25) is 10.1 Å². The molecule has 82 valence electrons. The summed E-state index contributed by atoms with van der Waals surface area (Å²) in [6, 6.07) is 0. The fourth-order valence-electron chi connectivity index (χ4n) is 1.89. The maximum atomic E-state index is 11.7. The zero-order valence-electron chi connectivity index (χ0n) is 9.32. The molecule has 1 aliphatic heterocycles. The first kappa shape index (κ1) is 10.1. The molecule has 1 aromatic rings. The minimum absolute atomic E-state index is 0.000741. The third-order valence-electron chi connectivity index (χ3n) is 2.47. The van der Waals surface area contributed by atoms with Gasteiger partial charge in [-0.25, -0.2) is 4.68 Å². The number of hydrogen-bond acceptors (Lipinski definition) is 3. The Labute approximate surface area is 88.9 Å². The lowest BCUT2D eigenvalue weighted by atomic mass is 9.84. The molecular formula is C10H16N4O. The van der Waals surface area contributed by atoms with E-state index in [9.17, 15) is 4.79 Å². The van der Waals surface area contributed by atoms with Crippen molar-refractivity contribution in [2.45, 2.75) is 33.7 Å². The second-order valence-electron chi connectivity index (χ2n) is 5.22. The van der Waals surface area contributed by atoms with Gasteiger partial charge in [0.05, 0.1) is 12.5 Å². The molecule has 0 fully saturated rings. The smallest absolute Gasteiger partial charge is 0.231 e. The third kappa shape index (κ3) is 2.16. The van der Waals surface area contributed by atoms with Crippen molar-refractivity contribution in [2.75, 3.05) is 5.32 Å². The van der Waals surface area contributed by atoms with Gasteiger partial charge in [0.25, 0.3) is 0 Å². The van der Waals surface area contributed by atoms with E-state index in [1.165, 1.54) is 6.33 Å². The summed E-state index contributed by atoms with van der Waals surface area (Å²) in [6.07, 6.45) is 2.33. The molecule has 0 bridgehead atoms. The van der Waals surface area contributed by atoms with E-state index in [0.29, 0.717) is 12.5 Å². The Morgan fingerprint density at radius 2 is 2.33 bits per heavy atom. The maximum Gasteiger partial charge on any atom is 0.231 e. The van der Waals surface area contributed by atoms with Gasteiger partial charge >= 0.3 is 0 Å². The molecule has 2 heterocycles. The van der Waals surface area contributed by atoms with Crippen molar-refractivity contribution in [3.05, 3.63) is 6.33 Å². The summed E-state index contributed by atoms with van der Waals surface area (Å²) in [6.45, 7) is 7.05. The highest BCUT2D eigenvalue weighted by atomic mass is 16.2. The van der Waals surface area contributed by atoms with Crippen LogP contribution in [0.5, 0.6) is 0 Å². The molecule has 15 heavy (non-hydrogen) atoms. The number of aromatic nitrogens is 3. The molecule has 2 rings (SSSR count). The maximum absolute atomic E-state index is 11.7. The van der Waals surface area contributed by atoms with Crippen LogP contribution in [0.1, 0.15) is 27.2 Å². The summed E-state index contributed by atoms with van der Waals surface area (Å²) in [5.41, 5.74) is 0.153. The number of fused-ring (bicyclic) bond motifs is 1. The summed E-state index contributed by atoms with van der Waals surface area (Å²) in [7, 11) is 0. The van der Waals surface area contributed by atoms with Crippen LogP contribution < -0.4 is 5.32 Å². The van der Waals surface area contributed by atoms with Gasteiger partial charge < -0.3 is 0 Å². The van der Waals surface area contributed by atoms with E-state index in [0.717, 1.165) is 6.42 Å². The van der Waals surface area contributed by atoms with Crippen LogP contribution in [0, 0.1) is 11.3 Å². The van der Waals surface area contributed by atoms with E-state index < -0.39 is 0 Å². The summed E-state index contributed by atoms with van der Waals surface area (Å²) in [5.74, 6) is 0.620. The molecule has 1 atom stereocenters. The van der Waals surface area contributed by atoms with Gasteiger partial charge in [0, 0.05) is 0 Å². The van der Waals surface area contributed by atoms with Gasteiger partial charge in [-0.05, 0) is 11.8 Å². The Balaban J connectivity index is 2.14. The van der Waals surface area contributed by atoms with Gasteiger partial charge in [0.1, 0.15) is 6.33 Å². The van der Waals surface area contributed by atoms with Crippen LogP contribution in [0.2, 0.25) is 0 Å². The van der Waals surface area contributed by atoms with E-state index in [-0.39, 0.29) is 17.2 Å². The molecule has 0 aliphatic carbocycles. The Kier molecular flexibility index (Phi) is 2.25. The van der Waals surface area contributed by atoms with Crippen LogP contribution in [-0.2, 0) is 11.3 Å². The standard InChI is InChI=1S/C10H16N4O/c1-10(2,3)4-7-5-14-9(11-6-12-14)13-8(7)15/h6-7H,4-5H2,1-3H3,(H,11,12,13,15). The number of anilines is 1. The highest BCUT2D eigenvalue weighted by Gasteiger charge is 2.30. The Hall–Kier alpha value is -1.39. The summed E-state index contributed by atoms with van der Waals surface area (Å²) in [4.78, 5) is 15.7. The number of nitrogens with zero attached hydrogens (tertiary/aromatic N) is 3. The molecule has 0 saturated heterocycles. The van der Waals surface area contributed by atoms with Gasteiger partial charge in [-0.15, -0.1) is 0 Å². The molecule has 1 aromatic heterocycles. The summed E-state index contributed by atoms with van der Waals surface area (Å²) in [5, 5.41) is 6.83. The number of amides is 1. The van der Waals surface area contributed by atoms with E-state index in [1.54, 1.807) is 4.68 Å². The van der Waals surface area contributed by atoms with Crippen molar-refractivity contribution in [1.82, 2.24) is 14.8 Å². The van der Waals surface area contributed by atoms with Gasteiger partial charge in [0.15, 0.2) is 0 Å². The van der Waals surface area contributed by atoms with E-state index in [2.05, 4.69) is 36.2 Å². The zero-order valence-corrected chi connectivity index (χ0v) is 9.32. The van der Waals surface area contributed by atoms with Crippen molar-refractivity contribution in [3.8, 4) is 0 Å². The Bertz CT molecular complexity index is 377. The van der Waals surface area contributed by atoms with Crippen LogP contribution in [0.4, 0.5) is 5.95 Å². The second-order valence-corrected chi connectivity index (χ2v) is 5.22. The van der Waals surface area contributed by atoms with Crippen LogP contribution in [0.15, 0.2) is 6.33 Å². The second kappa shape index (κ2) is 3.32. The fraction of sp³-hybridized carbons (Fsp3) is 0.700. The SMILES string of the molecule is CC(C)(C)CC1Cn2ncnc2NC1=O. The average molecular weight is 208 g/mol. The van der Waals surface area contributed by atoms with Crippen LogP contribution in [-0.4, -0.2) is 20.7 Å². The lowest BCUT2D eigenvalue weighted by Crippen LogP contribution is -2.36. The van der Waals surface area contributed by atoms with E-state index in [4.69, 9.17) is 0 Å². The first-order chi connectivity index (χ1) is 6.96. The Morgan fingerprint density at radius 1 is 1.60 bits per heavy atom. The number of hydrogen-bond donors (Lipinski definition) is 1. The van der Waals surface area contributed by atoms with Crippen LogP contribution in [0.3, 0.4) is 0 Å². The highest BCUT2D eigenvalue weighted by molar-refractivity contribution is 5.92. The molecule has 0 saturated carbocycles. The summed E-state index contributed by atoms with van der Waals surface area (Å²) < 4.78 is 1.75. The quantitative estimate of drug-likeness (QED) is 0.756. The number of carbonyl (C=O) groups excluding carboxylic acids is 1. The topological polar surface area (TPSA) is 59.8 Å². The number of nitrogens with one attached hydrogen (secondary N) is 1. The lowest BCUT2D eigenvalue weighted by molar-refractivity contribution is -0.122. The number of rotatable bonds is 1. The van der Waals surface area contributed by atoms with E-state index >= 15 is 0 Å². The Morgan fingerprint density at radius 3 is 3.00 bits per heavy atom.